The highest BCUT2D eigenvalue weighted by Crippen LogP contribution is 2.11. The van der Waals surface area contributed by atoms with Crippen molar-refractivity contribution in [3.05, 3.63) is 24.0 Å². The lowest BCUT2D eigenvalue weighted by Gasteiger charge is -2.24. The van der Waals surface area contributed by atoms with Gasteiger partial charge in [0.1, 0.15) is 0 Å². The smallest absolute Gasteiger partial charge is 0.0359 e. The number of nitrogens with zero attached hydrogens (tertiary/aromatic N) is 2. The van der Waals surface area contributed by atoms with Gasteiger partial charge in [-0.1, -0.05) is 0 Å². The predicted molar refractivity (Wildman–Crippen MR) is 72.1 cm³/mol. The number of rotatable bonds is 6. The summed E-state index contributed by atoms with van der Waals surface area (Å²) in [4.78, 5) is 2.59. The molecule has 1 saturated heterocycles. The second kappa shape index (κ2) is 6.22. The zero-order chi connectivity index (χ0) is 12.1. The molecule has 1 aromatic rings. The third-order valence-electron chi connectivity index (χ3n) is 3.77. The quantitative estimate of drug-likeness (QED) is 0.814. The molecule has 1 N–H and O–H groups in total. The van der Waals surface area contributed by atoms with Crippen LogP contribution in [-0.4, -0.2) is 35.1 Å². The Labute approximate surface area is 105 Å². The first-order chi connectivity index (χ1) is 8.31. The number of hydrogen-bond acceptors (Lipinski definition) is 2. The average molecular weight is 235 g/mol. The van der Waals surface area contributed by atoms with E-state index in [0.717, 1.165) is 19.6 Å². The summed E-state index contributed by atoms with van der Waals surface area (Å²) >= 11 is 0. The van der Waals surface area contributed by atoms with Gasteiger partial charge in [-0.05, 0) is 51.9 Å². The lowest BCUT2D eigenvalue weighted by molar-refractivity contribution is 0.251. The maximum absolute atomic E-state index is 3.58. The zero-order valence-corrected chi connectivity index (χ0v) is 11.2. The maximum atomic E-state index is 3.58. The van der Waals surface area contributed by atoms with Gasteiger partial charge in [0.2, 0.25) is 0 Å². The molecule has 3 nitrogen and oxygen atoms in total. The Balaban J connectivity index is 1.71. The Morgan fingerprint density at radius 3 is 2.82 bits per heavy atom. The number of nitrogens with one attached hydrogen (secondary N) is 1. The zero-order valence-electron chi connectivity index (χ0n) is 11.2. The van der Waals surface area contributed by atoms with Gasteiger partial charge in [-0.3, -0.25) is 4.90 Å². The van der Waals surface area contributed by atoms with Gasteiger partial charge >= 0.3 is 0 Å². The fourth-order valence-corrected chi connectivity index (χ4v) is 2.64. The molecule has 0 amide bonds. The van der Waals surface area contributed by atoms with E-state index in [1.807, 2.05) is 0 Å². The number of hydrogen-bond donors (Lipinski definition) is 1. The third kappa shape index (κ3) is 3.33. The lowest BCUT2D eigenvalue weighted by Crippen LogP contribution is -2.38. The molecule has 0 aromatic carbocycles. The largest absolute Gasteiger partial charge is 0.351 e. The minimum Gasteiger partial charge on any atom is -0.351 e. The Bertz CT molecular complexity index is 326. The third-order valence-corrected chi connectivity index (χ3v) is 3.77. The standard InChI is InChI=1S/C14H25N3/c1-3-16-10-6-7-14(16)12-15-11-13(2)17-8-4-5-9-17/h6-7,10,13,15H,3-5,8-9,11-12H2,1-2H3. The van der Waals surface area contributed by atoms with Gasteiger partial charge in [0.05, 0.1) is 0 Å². The van der Waals surface area contributed by atoms with Crippen LogP contribution in [-0.2, 0) is 13.1 Å². The van der Waals surface area contributed by atoms with Gasteiger partial charge in [-0.15, -0.1) is 0 Å². The van der Waals surface area contributed by atoms with E-state index < -0.39 is 0 Å². The number of aryl methyl sites for hydroxylation is 1. The normalized spacial score (nSPS) is 18.7. The molecule has 0 saturated carbocycles. The van der Waals surface area contributed by atoms with E-state index in [0.29, 0.717) is 6.04 Å². The minimum atomic E-state index is 0.669. The van der Waals surface area contributed by atoms with Crippen LogP contribution in [0.2, 0.25) is 0 Å². The summed E-state index contributed by atoms with van der Waals surface area (Å²) in [6, 6.07) is 5.00. The van der Waals surface area contributed by atoms with Crippen LogP contribution in [0.5, 0.6) is 0 Å². The van der Waals surface area contributed by atoms with Crippen molar-refractivity contribution in [2.75, 3.05) is 19.6 Å². The molecule has 0 bridgehead atoms. The van der Waals surface area contributed by atoms with Crippen LogP contribution in [0, 0.1) is 0 Å². The van der Waals surface area contributed by atoms with E-state index in [1.165, 1.54) is 31.6 Å². The SMILES string of the molecule is CCn1cccc1CNCC(C)N1CCCC1. The molecule has 1 aliphatic heterocycles. The molecular formula is C14H25N3. The lowest BCUT2D eigenvalue weighted by atomic mass is 10.3. The monoisotopic (exact) mass is 235 g/mol. The Hall–Kier alpha value is -0.800. The van der Waals surface area contributed by atoms with Crippen LogP contribution < -0.4 is 5.32 Å². The molecule has 96 valence electrons. The molecule has 1 unspecified atom stereocenters. The van der Waals surface area contributed by atoms with Crippen LogP contribution >= 0.6 is 0 Å². The fourth-order valence-electron chi connectivity index (χ4n) is 2.64. The molecule has 1 aromatic heterocycles. The van der Waals surface area contributed by atoms with Gasteiger partial charge < -0.3 is 9.88 Å². The van der Waals surface area contributed by atoms with Crippen molar-refractivity contribution >= 4 is 0 Å². The van der Waals surface area contributed by atoms with Gasteiger partial charge in [0.25, 0.3) is 0 Å². The first-order valence-electron chi connectivity index (χ1n) is 6.90. The summed E-state index contributed by atoms with van der Waals surface area (Å²) in [5.74, 6) is 0. The fraction of sp³-hybridized carbons (Fsp3) is 0.714. The van der Waals surface area contributed by atoms with Crippen LogP contribution in [0.15, 0.2) is 18.3 Å². The van der Waals surface area contributed by atoms with Gasteiger partial charge in [-0.25, -0.2) is 0 Å². The summed E-state index contributed by atoms with van der Waals surface area (Å²) < 4.78 is 2.30. The van der Waals surface area contributed by atoms with Gasteiger partial charge in [0.15, 0.2) is 0 Å². The van der Waals surface area contributed by atoms with Gasteiger partial charge in [0, 0.05) is 37.6 Å². The van der Waals surface area contributed by atoms with E-state index in [-0.39, 0.29) is 0 Å². The van der Waals surface area contributed by atoms with E-state index in [2.05, 4.69) is 47.0 Å². The van der Waals surface area contributed by atoms with Crippen molar-refractivity contribution in [2.45, 2.75) is 45.8 Å². The maximum Gasteiger partial charge on any atom is 0.0359 e. The Kier molecular flexibility index (Phi) is 4.63. The first kappa shape index (κ1) is 12.7. The molecule has 1 aliphatic rings. The van der Waals surface area contributed by atoms with E-state index >= 15 is 0 Å². The molecule has 2 rings (SSSR count). The van der Waals surface area contributed by atoms with Crippen LogP contribution in [0.1, 0.15) is 32.4 Å². The first-order valence-corrected chi connectivity index (χ1v) is 6.90. The second-order valence-electron chi connectivity index (χ2n) is 5.01. The van der Waals surface area contributed by atoms with Crippen molar-refractivity contribution in [2.24, 2.45) is 0 Å². The molecular weight excluding hydrogens is 210 g/mol. The highest BCUT2D eigenvalue weighted by Gasteiger charge is 2.17. The molecule has 1 atom stereocenters. The van der Waals surface area contributed by atoms with E-state index in [9.17, 15) is 0 Å². The molecule has 0 aliphatic carbocycles. The molecule has 3 heteroatoms. The number of aromatic nitrogens is 1. The number of likely N-dealkylation sites (tertiary alicyclic amines) is 1. The van der Waals surface area contributed by atoms with Gasteiger partial charge in [-0.2, -0.15) is 0 Å². The molecule has 1 fully saturated rings. The van der Waals surface area contributed by atoms with Crippen LogP contribution in [0.4, 0.5) is 0 Å². The topological polar surface area (TPSA) is 20.2 Å². The van der Waals surface area contributed by atoms with Crippen LogP contribution in [0.25, 0.3) is 0 Å². The van der Waals surface area contributed by atoms with Crippen molar-refractivity contribution in [1.29, 1.82) is 0 Å². The van der Waals surface area contributed by atoms with Crippen molar-refractivity contribution < 1.29 is 0 Å². The van der Waals surface area contributed by atoms with Crippen LogP contribution in [0.3, 0.4) is 0 Å². The predicted octanol–water partition coefficient (Wildman–Crippen LogP) is 2.08. The highest BCUT2D eigenvalue weighted by atomic mass is 15.2. The second-order valence-corrected chi connectivity index (χ2v) is 5.01. The van der Waals surface area contributed by atoms with Crippen molar-refractivity contribution in [3.8, 4) is 0 Å². The minimum absolute atomic E-state index is 0.669. The highest BCUT2D eigenvalue weighted by molar-refractivity contribution is 5.06. The molecule has 0 spiro atoms. The molecule has 2 heterocycles. The summed E-state index contributed by atoms with van der Waals surface area (Å²) in [5, 5.41) is 3.58. The molecule has 0 radical (unpaired) electrons. The Morgan fingerprint density at radius 2 is 2.12 bits per heavy atom. The summed E-state index contributed by atoms with van der Waals surface area (Å²) in [5.41, 5.74) is 1.39. The van der Waals surface area contributed by atoms with Crippen molar-refractivity contribution in [3.63, 3.8) is 0 Å². The average Bonchev–Trinajstić information content (AvgIpc) is 2.99. The Morgan fingerprint density at radius 1 is 1.35 bits per heavy atom. The van der Waals surface area contributed by atoms with E-state index in [1.54, 1.807) is 0 Å². The van der Waals surface area contributed by atoms with E-state index in [4.69, 9.17) is 0 Å². The summed E-state index contributed by atoms with van der Waals surface area (Å²) in [6.45, 7) is 10.2. The van der Waals surface area contributed by atoms with Crippen molar-refractivity contribution in [1.82, 2.24) is 14.8 Å². The summed E-state index contributed by atoms with van der Waals surface area (Å²) in [6.07, 6.45) is 4.91. The summed E-state index contributed by atoms with van der Waals surface area (Å²) in [7, 11) is 0. The molecule has 17 heavy (non-hydrogen) atoms.